The summed E-state index contributed by atoms with van der Waals surface area (Å²) in [6.45, 7) is 0.183. The number of amides is 1. The van der Waals surface area contributed by atoms with Crippen molar-refractivity contribution in [2.75, 3.05) is 31.4 Å². The van der Waals surface area contributed by atoms with Gasteiger partial charge in [-0.1, -0.05) is 30.3 Å². The summed E-state index contributed by atoms with van der Waals surface area (Å²) < 4.78 is 16.3. The highest BCUT2D eigenvalue weighted by Gasteiger charge is 2.37. The number of ether oxygens (including phenoxy) is 3. The van der Waals surface area contributed by atoms with Crippen LogP contribution in [0.5, 0.6) is 5.75 Å². The van der Waals surface area contributed by atoms with E-state index in [4.69, 9.17) is 19.9 Å². The van der Waals surface area contributed by atoms with Gasteiger partial charge in [0.1, 0.15) is 5.82 Å². The van der Waals surface area contributed by atoms with Crippen LogP contribution in [0.4, 0.5) is 11.6 Å². The van der Waals surface area contributed by atoms with Crippen molar-refractivity contribution >= 4 is 17.5 Å². The van der Waals surface area contributed by atoms with E-state index in [1.165, 1.54) is 19.1 Å². The number of hydrogen-bond acceptors (Lipinski definition) is 6. The highest BCUT2D eigenvalue weighted by molar-refractivity contribution is 5.99. The fraction of sp³-hybridized carbons (Fsp3) is 0.294. The molecule has 7 heteroatoms. The fourth-order valence-electron chi connectivity index (χ4n) is 2.57. The summed E-state index contributed by atoms with van der Waals surface area (Å²) in [6.07, 6.45) is -1.34. The van der Waals surface area contributed by atoms with Gasteiger partial charge in [0.2, 0.25) is 6.10 Å². The van der Waals surface area contributed by atoms with Crippen LogP contribution in [-0.4, -0.2) is 37.9 Å². The van der Waals surface area contributed by atoms with Crippen molar-refractivity contribution in [1.82, 2.24) is 4.98 Å². The van der Waals surface area contributed by atoms with E-state index < -0.39 is 12.4 Å². The minimum atomic E-state index is -0.751. The smallest absolute Gasteiger partial charge is 0.274 e. The predicted octanol–water partition coefficient (Wildman–Crippen LogP) is 1.75. The molecule has 1 aliphatic heterocycles. The number of carbonyl (C=O) groups is 1. The first-order valence-electron chi connectivity index (χ1n) is 7.49. The molecule has 0 aliphatic carbocycles. The molecule has 2 aromatic rings. The normalized spacial score (nSPS) is 16.9. The Kier molecular flexibility index (Phi) is 4.64. The third-order valence-corrected chi connectivity index (χ3v) is 3.81. The highest BCUT2D eigenvalue weighted by atomic mass is 16.7. The fourth-order valence-corrected chi connectivity index (χ4v) is 2.57. The van der Waals surface area contributed by atoms with E-state index in [2.05, 4.69) is 4.98 Å². The van der Waals surface area contributed by atoms with E-state index in [0.717, 1.165) is 5.56 Å². The van der Waals surface area contributed by atoms with Crippen molar-refractivity contribution in [2.24, 2.45) is 0 Å². The molecule has 1 atom stereocenters. The van der Waals surface area contributed by atoms with Crippen molar-refractivity contribution in [1.29, 1.82) is 0 Å². The third kappa shape index (κ3) is 3.04. The molecule has 3 rings (SSSR count). The molecule has 2 N–H and O–H groups in total. The van der Waals surface area contributed by atoms with Gasteiger partial charge in [-0.25, -0.2) is 4.98 Å². The number of hydrogen-bond donors (Lipinski definition) is 1. The number of benzene rings is 1. The van der Waals surface area contributed by atoms with Gasteiger partial charge in [0.05, 0.1) is 6.54 Å². The van der Waals surface area contributed by atoms with Crippen molar-refractivity contribution in [2.45, 2.75) is 12.4 Å². The summed E-state index contributed by atoms with van der Waals surface area (Å²) >= 11 is 0. The minimum Gasteiger partial charge on any atom is -0.472 e. The Morgan fingerprint density at radius 3 is 2.58 bits per heavy atom. The van der Waals surface area contributed by atoms with Gasteiger partial charge in [-0.3, -0.25) is 9.69 Å². The molecule has 0 saturated heterocycles. The SMILES string of the molecule is COC(CN1C(=O)C(c2ccccc2)Oc2ccc(N)nc21)OC. The molecule has 0 spiro atoms. The van der Waals surface area contributed by atoms with Crippen molar-refractivity contribution in [3.8, 4) is 5.75 Å². The number of pyridine rings is 1. The van der Waals surface area contributed by atoms with Gasteiger partial charge in [0, 0.05) is 19.8 Å². The van der Waals surface area contributed by atoms with Crippen molar-refractivity contribution in [3.63, 3.8) is 0 Å². The lowest BCUT2D eigenvalue weighted by Gasteiger charge is -2.34. The van der Waals surface area contributed by atoms with E-state index in [1.807, 2.05) is 30.3 Å². The number of anilines is 2. The molecular weight excluding hydrogens is 310 g/mol. The molecule has 1 aromatic carbocycles. The Hall–Kier alpha value is -2.64. The van der Waals surface area contributed by atoms with Crippen LogP contribution in [-0.2, 0) is 14.3 Å². The molecule has 7 nitrogen and oxygen atoms in total. The van der Waals surface area contributed by atoms with Gasteiger partial charge in [0.25, 0.3) is 5.91 Å². The van der Waals surface area contributed by atoms with Crippen LogP contribution in [0.3, 0.4) is 0 Å². The number of fused-ring (bicyclic) bond motifs is 1. The average molecular weight is 329 g/mol. The minimum absolute atomic E-state index is 0.183. The summed E-state index contributed by atoms with van der Waals surface area (Å²) in [4.78, 5) is 18.7. The molecule has 1 unspecified atom stereocenters. The Morgan fingerprint density at radius 1 is 1.21 bits per heavy atom. The number of carbonyl (C=O) groups excluding carboxylic acids is 1. The molecule has 0 fully saturated rings. The van der Waals surface area contributed by atoms with Crippen LogP contribution in [0.1, 0.15) is 11.7 Å². The van der Waals surface area contributed by atoms with Crippen LogP contribution in [0.15, 0.2) is 42.5 Å². The van der Waals surface area contributed by atoms with Gasteiger partial charge >= 0.3 is 0 Å². The lowest BCUT2D eigenvalue weighted by molar-refractivity contribution is -0.131. The molecule has 24 heavy (non-hydrogen) atoms. The van der Waals surface area contributed by atoms with Crippen LogP contribution < -0.4 is 15.4 Å². The number of nitrogen functional groups attached to an aromatic ring is 1. The Bertz CT molecular complexity index is 719. The van der Waals surface area contributed by atoms with E-state index in [-0.39, 0.29) is 12.5 Å². The molecule has 1 amide bonds. The van der Waals surface area contributed by atoms with Crippen LogP contribution in [0, 0.1) is 0 Å². The lowest BCUT2D eigenvalue weighted by atomic mass is 10.1. The summed E-state index contributed by atoms with van der Waals surface area (Å²) in [6, 6.07) is 12.7. The monoisotopic (exact) mass is 329 g/mol. The number of aromatic nitrogens is 1. The first kappa shape index (κ1) is 16.2. The van der Waals surface area contributed by atoms with Crippen LogP contribution >= 0.6 is 0 Å². The van der Waals surface area contributed by atoms with Crippen molar-refractivity contribution in [3.05, 3.63) is 48.0 Å². The van der Waals surface area contributed by atoms with E-state index >= 15 is 0 Å². The zero-order valence-electron chi connectivity index (χ0n) is 13.5. The van der Waals surface area contributed by atoms with Gasteiger partial charge in [-0.2, -0.15) is 0 Å². The first-order valence-corrected chi connectivity index (χ1v) is 7.49. The number of methoxy groups -OCH3 is 2. The zero-order chi connectivity index (χ0) is 17.1. The Labute approximate surface area is 139 Å². The third-order valence-electron chi connectivity index (χ3n) is 3.81. The quantitative estimate of drug-likeness (QED) is 0.841. The van der Waals surface area contributed by atoms with Crippen LogP contribution in [0.2, 0.25) is 0 Å². The molecular formula is C17H19N3O4. The van der Waals surface area contributed by atoms with Gasteiger partial charge in [-0.15, -0.1) is 0 Å². The molecule has 0 bridgehead atoms. The average Bonchev–Trinajstić information content (AvgIpc) is 2.61. The molecule has 1 aromatic heterocycles. The Morgan fingerprint density at radius 2 is 1.92 bits per heavy atom. The summed E-state index contributed by atoms with van der Waals surface area (Å²) in [5.74, 6) is 0.917. The number of rotatable bonds is 5. The van der Waals surface area contributed by atoms with E-state index in [1.54, 1.807) is 12.1 Å². The van der Waals surface area contributed by atoms with Crippen molar-refractivity contribution < 1.29 is 19.0 Å². The maximum absolute atomic E-state index is 13.0. The summed E-state index contributed by atoms with van der Waals surface area (Å²) in [7, 11) is 3.03. The van der Waals surface area contributed by atoms with E-state index in [0.29, 0.717) is 17.4 Å². The second kappa shape index (κ2) is 6.86. The molecule has 1 aliphatic rings. The standard InChI is InChI=1S/C17H19N3O4/c1-22-14(23-2)10-20-16-12(8-9-13(18)19-16)24-15(17(20)21)11-6-4-3-5-7-11/h3-9,14-15H,10H2,1-2H3,(H2,18,19). The summed E-state index contributed by atoms with van der Waals surface area (Å²) in [5, 5.41) is 0. The number of nitrogens with two attached hydrogens (primary N) is 1. The van der Waals surface area contributed by atoms with Crippen LogP contribution in [0.25, 0.3) is 0 Å². The first-order chi connectivity index (χ1) is 11.6. The molecule has 126 valence electrons. The second-order valence-electron chi connectivity index (χ2n) is 5.32. The molecule has 2 heterocycles. The number of nitrogens with zero attached hydrogens (tertiary/aromatic N) is 2. The highest BCUT2D eigenvalue weighted by Crippen LogP contribution is 2.38. The Balaban J connectivity index is 2.01. The van der Waals surface area contributed by atoms with Gasteiger partial charge in [0.15, 0.2) is 17.9 Å². The topological polar surface area (TPSA) is 86.9 Å². The maximum Gasteiger partial charge on any atom is 0.274 e. The van der Waals surface area contributed by atoms with Gasteiger partial charge in [-0.05, 0) is 12.1 Å². The predicted molar refractivity (Wildman–Crippen MR) is 88.6 cm³/mol. The summed E-state index contributed by atoms with van der Waals surface area (Å²) in [5.41, 5.74) is 6.53. The lowest BCUT2D eigenvalue weighted by Crippen LogP contribution is -2.46. The molecule has 0 radical (unpaired) electrons. The molecule has 0 saturated carbocycles. The maximum atomic E-state index is 13.0. The zero-order valence-corrected chi connectivity index (χ0v) is 13.5. The second-order valence-corrected chi connectivity index (χ2v) is 5.32. The van der Waals surface area contributed by atoms with Gasteiger partial charge < -0.3 is 19.9 Å². The van der Waals surface area contributed by atoms with E-state index in [9.17, 15) is 4.79 Å². The largest absolute Gasteiger partial charge is 0.472 e.